The summed E-state index contributed by atoms with van der Waals surface area (Å²) < 4.78 is 22.2. The average molecular weight is 316 g/mol. The number of phosphoric acid groups is 2. The van der Waals surface area contributed by atoms with Crippen molar-refractivity contribution in [3.63, 3.8) is 0 Å². The van der Waals surface area contributed by atoms with E-state index in [9.17, 15) is 9.13 Å². The molecule has 0 aliphatic heterocycles. The van der Waals surface area contributed by atoms with Gasteiger partial charge in [0.25, 0.3) is 0 Å². The van der Waals surface area contributed by atoms with Gasteiger partial charge >= 0.3 is 82.9 Å². The van der Waals surface area contributed by atoms with Gasteiger partial charge in [-0.25, -0.2) is 9.13 Å². The summed E-state index contributed by atoms with van der Waals surface area (Å²) in [5.41, 5.74) is 0. The molecule has 0 atom stereocenters. The zero-order valence-electron chi connectivity index (χ0n) is 5.91. The fourth-order valence-corrected chi connectivity index (χ4v) is 1.25. The molecule has 0 heterocycles. The summed E-state index contributed by atoms with van der Waals surface area (Å²) in [7, 11) is -10.1. The first-order valence-corrected chi connectivity index (χ1v) is 4.59. The van der Waals surface area contributed by atoms with Crippen molar-refractivity contribution >= 4 is 82.9 Å². The summed E-state index contributed by atoms with van der Waals surface area (Å²) in [6, 6.07) is 0. The van der Waals surface area contributed by atoms with Crippen LogP contribution >= 0.6 is 15.6 Å². The molecule has 0 aromatic heterocycles. The van der Waals surface area contributed by atoms with Gasteiger partial charge in [-0.2, -0.15) is 4.31 Å². The minimum atomic E-state index is -5.05. The predicted molar refractivity (Wildman–Crippen MR) is 55.3 cm³/mol. The van der Waals surface area contributed by atoms with Gasteiger partial charge < -0.3 is 41.5 Å². The van der Waals surface area contributed by atoms with Crippen LogP contribution in [-0.4, -0.2) is 109 Å². The van der Waals surface area contributed by atoms with Crippen LogP contribution in [0.2, 0.25) is 0 Å². The summed E-state index contributed by atoms with van der Waals surface area (Å²) in [6.07, 6.45) is 0. The molecule has 0 radical (unpaired) electrons. The van der Waals surface area contributed by atoms with Gasteiger partial charge in [0.1, 0.15) is 0 Å². The van der Waals surface area contributed by atoms with Crippen LogP contribution < -0.4 is 0 Å². The van der Waals surface area contributed by atoms with E-state index < -0.39 is 15.6 Å². The van der Waals surface area contributed by atoms with E-state index in [0.717, 1.165) is 0 Å². The van der Waals surface area contributed by atoms with E-state index in [4.69, 9.17) is 19.6 Å². The summed E-state index contributed by atoms with van der Waals surface area (Å²) in [6.45, 7) is 0. The summed E-state index contributed by atoms with van der Waals surface area (Å²) in [5.74, 6) is 0. The molecule has 0 unspecified atom stereocenters. The molecule has 0 saturated carbocycles. The second-order valence-electron chi connectivity index (χ2n) is 1.06. The Labute approximate surface area is 136 Å². The van der Waals surface area contributed by atoms with Gasteiger partial charge in [0, 0.05) is 0 Å². The van der Waals surface area contributed by atoms with E-state index >= 15 is 0 Å². The molecule has 11 nitrogen and oxygen atoms in total. The molecule has 0 aromatic carbocycles. The van der Waals surface area contributed by atoms with Crippen LogP contribution in [0.5, 0.6) is 0 Å². The number of hydrogen-bond acceptors (Lipinski definition) is 3. The fourth-order valence-electron chi connectivity index (χ4n) is 0.139. The Morgan fingerprint density at radius 2 is 0.867 bits per heavy atom. The summed E-state index contributed by atoms with van der Waals surface area (Å²) in [5, 5.41) is 0. The van der Waals surface area contributed by atoms with Crippen LogP contribution in [0.1, 0.15) is 0 Å². The molecule has 0 aliphatic rings. The van der Waals surface area contributed by atoms with Gasteiger partial charge in [0.2, 0.25) is 0 Å². The molecule has 0 amide bonds. The molecule has 0 fully saturated rings. The van der Waals surface area contributed by atoms with Crippen molar-refractivity contribution in [3.05, 3.63) is 0 Å². The van der Waals surface area contributed by atoms with Crippen molar-refractivity contribution in [2.45, 2.75) is 0 Å². The molecular formula is H15CaNaO11P2. The van der Waals surface area contributed by atoms with Gasteiger partial charge in [0.05, 0.1) is 0 Å². The van der Waals surface area contributed by atoms with Gasteiger partial charge in [-0.05, 0) is 0 Å². The van der Waals surface area contributed by atoms with E-state index in [-0.39, 0.29) is 89.2 Å². The van der Waals surface area contributed by atoms with Crippen molar-refractivity contribution in [2.75, 3.05) is 0 Å². The second-order valence-corrected chi connectivity index (χ2v) is 3.68. The Balaban J connectivity index is -0.0000000213. The third-order valence-corrected chi connectivity index (χ3v) is 1.91. The van der Waals surface area contributed by atoms with Crippen LogP contribution in [0.4, 0.5) is 0 Å². The maximum absolute atomic E-state index is 9.63. The van der Waals surface area contributed by atoms with Crippen molar-refractivity contribution in [1.29, 1.82) is 0 Å². The van der Waals surface area contributed by atoms with Crippen LogP contribution in [0.25, 0.3) is 0 Å². The minimum absolute atomic E-state index is 0. The van der Waals surface area contributed by atoms with Crippen LogP contribution in [0.15, 0.2) is 0 Å². The molecule has 0 saturated heterocycles. The third kappa shape index (κ3) is 48.3. The molecule has 0 rings (SSSR count). The topological polar surface area (TPSA) is 250 Å². The van der Waals surface area contributed by atoms with Crippen LogP contribution in [0, 0.1) is 0 Å². The Bertz CT molecular complexity index is 159. The Morgan fingerprint density at radius 1 is 0.733 bits per heavy atom. The van der Waals surface area contributed by atoms with Crippen LogP contribution in [-0.2, 0) is 13.4 Å². The SMILES string of the molecule is O.O.O.O.O=P(O)(O)OP(=O)(O)O.[CaH2].[NaH]. The molecule has 0 bridgehead atoms. The molecule has 94 valence electrons. The molecular weight excluding hydrogens is 301 g/mol. The Morgan fingerprint density at radius 3 is 0.867 bits per heavy atom. The van der Waals surface area contributed by atoms with E-state index in [1.807, 2.05) is 0 Å². The summed E-state index contributed by atoms with van der Waals surface area (Å²) >= 11 is 0. The van der Waals surface area contributed by atoms with Gasteiger partial charge in [0.15, 0.2) is 0 Å². The van der Waals surface area contributed by atoms with Crippen molar-refractivity contribution in [1.82, 2.24) is 0 Å². The zero-order valence-corrected chi connectivity index (χ0v) is 7.70. The first kappa shape index (κ1) is 43.3. The normalized spacial score (nSPS) is 8.27. The fraction of sp³-hybridized carbons (Fsp3) is 0. The molecule has 0 aromatic rings. The first-order valence-electron chi connectivity index (χ1n) is 1.53. The zero-order chi connectivity index (χ0) is 7.71. The van der Waals surface area contributed by atoms with Gasteiger partial charge in [-0.15, -0.1) is 0 Å². The quantitative estimate of drug-likeness (QED) is 0.283. The third-order valence-electron chi connectivity index (χ3n) is 0.213. The number of rotatable bonds is 2. The molecule has 0 spiro atoms. The Hall–Kier alpha value is 2.36. The van der Waals surface area contributed by atoms with Gasteiger partial charge in [-0.1, -0.05) is 0 Å². The second kappa shape index (κ2) is 16.4. The monoisotopic (exact) mass is 316 g/mol. The standard InChI is InChI=1S/Ca.Na.H4O7P2.4H2O.3H/c;;1-8(2,3)7-9(4,5)6;;;;;;;/h;;(H2,1,2,3)(H2,4,5,6);4*1H2;;;. The van der Waals surface area contributed by atoms with E-state index in [0.29, 0.717) is 0 Å². The van der Waals surface area contributed by atoms with Crippen molar-refractivity contribution < 1.29 is 54.9 Å². The Kier molecular flexibility index (Phi) is 47.2. The molecule has 15 heteroatoms. The summed E-state index contributed by atoms with van der Waals surface area (Å²) in [4.78, 5) is 31.0. The molecule has 15 heavy (non-hydrogen) atoms. The molecule has 0 aliphatic carbocycles. The predicted octanol–water partition coefficient (Wildman–Crippen LogP) is -5.68. The molecule has 12 N–H and O–H groups in total. The van der Waals surface area contributed by atoms with Crippen molar-refractivity contribution in [3.8, 4) is 0 Å². The average Bonchev–Trinajstić information content (AvgIpc) is 1.14. The number of hydrogen-bond donors (Lipinski definition) is 4. The van der Waals surface area contributed by atoms with E-state index in [1.165, 1.54) is 0 Å². The first-order chi connectivity index (χ1) is 3.71. The van der Waals surface area contributed by atoms with E-state index in [1.54, 1.807) is 0 Å². The van der Waals surface area contributed by atoms with E-state index in [2.05, 4.69) is 4.31 Å². The van der Waals surface area contributed by atoms with Gasteiger partial charge in [-0.3, -0.25) is 0 Å². The van der Waals surface area contributed by atoms with Crippen LogP contribution in [0.3, 0.4) is 0 Å². The maximum atomic E-state index is 9.63. The van der Waals surface area contributed by atoms with Crippen molar-refractivity contribution in [2.24, 2.45) is 0 Å².